The normalized spacial score (nSPS) is 21.0. The fourth-order valence-corrected chi connectivity index (χ4v) is 3.97. The molecule has 2 atom stereocenters. The molecule has 1 aliphatic heterocycles. The predicted octanol–water partition coefficient (Wildman–Crippen LogP) is 1.93. The Hall–Kier alpha value is -2.61. The molecule has 1 aliphatic carbocycles. The minimum Gasteiger partial charge on any atom is -0.477 e. The van der Waals surface area contributed by atoms with Crippen molar-refractivity contribution in [3.63, 3.8) is 0 Å². The largest absolute Gasteiger partial charge is 0.477 e. The Balaban J connectivity index is 1.93. The lowest BCUT2D eigenvalue weighted by molar-refractivity contribution is 0.0695. The van der Waals surface area contributed by atoms with Crippen molar-refractivity contribution in [1.29, 1.82) is 0 Å². The number of nitrogens with two attached hydrogens (primary N) is 2. The number of aromatic carboxylic acids is 1. The molecule has 0 spiro atoms. The van der Waals surface area contributed by atoms with Crippen LogP contribution in [0.5, 0.6) is 0 Å². The summed E-state index contributed by atoms with van der Waals surface area (Å²) in [5, 5.41) is 9.30. The number of benzene rings is 1. The van der Waals surface area contributed by atoms with Crippen LogP contribution in [-0.2, 0) is 0 Å². The summed E-state index contributed by atoms with van der Waals surface area (Å²) in [6.07, 6.45) is 4.00. The fraction of sp³-hybridized carbons (Fsp3) is 0.474. The van der Waals surface area contributed by atoms with Gasteiger partial charge in [0, 0.05) is 31.4 Å². The number of hydrogen-bond donors (Lipinski definition) is 3. The van der Waals surface area contributed by atoms with Crippen molar-refractivity contribution < 1.29 is 14.3 Å². The molecular weight excluding hydrogens is 351 g/mol. The average molecular weight is 374 g/mol. The number of nitrogen functional groups attached to an aromatic ring is 1. The first-order chi connectivity index (χ1) is 12.8. The van der Waals surface area contributed by atoms with E-state index in [1.165, 1.54) is 6.20 Å². The number of nitrogens with zero attached hydrogens (tertiary/aromatic N) is 2. The molecule has 1 aromatic carbocycles. The van der Waals surface area contributed by atoms with Crippen LogP contribution in [-0.4, -0.2) is 34.8 Å². The first-order valence-corrected chi connectivity index (χ1v) is 9.20. The summed E-state index contributed by atoms with van der Waals surface area (Å²) in [7, 11) is 0. The van der Waals surface area contributed by atoms with Crippen LogP contribution >= 0.6 is 0 Å². The highest BCUT2D eigenvalue weighted by molar-refractivity contribution is 5.99. The Morgan fingerprint density at radius 1 is 1.37 bits per heavy atom. The van der Waals surface area contributed by atoms with Gasteiger partial charge in [-0.2, -0.15) is 0 Å². The Bertz CT molecular complexity index is 997. The zero-order valence-corrected chi connectivity index (χ0v) is 15.1. The van der Waals surface area contributed by atoms with Gasteiger partial charge in [-0.15, -0.1) is 0 Å². The monoisotopic (exact) mass is 374 g/mol. The SMILES string of the molecule is CC(N)C1CCN(c2cc3c(c(N)c2F)c(=O)c(C(=O)O)cn3C2CC2)C1. The van der Waals surface area contributed by atoms with Gasteiger partial charge in [0.2, 0.25) is 5.43 Å². The van der Waals surface area contributed by atoms with E-state index in [1.807, 2.05) is 11.8 Å². The zero-order chi connectivity index (χ0) is 19.5. The van der Waals surface area contributed by atoms with E-state index in [9.17, 15) is 14.7 Å². The minimum atomic E-state index is -1.33. The molecule has 1 aromatic heterocycles. The molecule has 7 nitrogen and oxygen atoms in total. The van der Waals surface area contributed by atoms with E-state index in [1.54, 1.807) is 10.6 Å². The molecule has 1 saturated heterocycles. The van der Waals surface area contributed by atoms with Gasteiger partial charge in [0.1, 0.15) is 5.56 Å². The third kappa shape index (κ3) is 2.84. The van der Waals surface area contributed by atoms with Crippen molar-refractivity contribution in [2.75, 3.05) is 23.7 Å². The molecule has 2 unspecified atom stereocenters. The molecule has 5 N–H and O–H groups in total. The van der Waals surface area contributed by atoms with Gasteiger partial charge in [-0.3, -0.25) is 4.79 Å². The van der Waals surface area contributed by atoms with E-state index in [2.05, 4.69) is 0 Å². The lowest BCUT2D eigenvalue weighted by Crippen LogP contribution is -2.30. The minimum absolute atomic E-state index is 0.0126. The molecule has 2 fully saturated rings. The highest BCUT2D eigenvalue weighted by Crippen LogP contribution is 2.40. The number of hydrogen-bond acceptors (Lipinski definition) is 5. The lowest BCUT2D eigenvalue weighted by atomic mass is 10.0. The molecule has 2 aromatic rings. The summed E-state index contributed by atoms with van der Waals surface area (Å²) in [6.45, 7) is 3.23. The Morgan fingerprint density at radius 3 is 2.63 bits per heavy atom. The number of aromatic nitrogens is 1. The van der Waals surface area contributed by atoms with Gasteiger partial charge in [0.05, 0.1) is 22.3 Å². The molecule has 1 saturated carbocycles. The molecule has 144 valence electrons. The highest BCUT2D eigenvalue weighted by atomic mass is 19.1. The Morgan fingerprint density at radius 2 is 2.07 bits per heavy atom. The maximum absolute atomic E-state index is 15.1. The first kappa shape index (κ1) is 17.8. The van der Waals surface area contributed by atoms with Gasteiger partial charge in [-0.25, -0.2) is 9.18 Å². The van der Waals surface area contributed by atoms with Crippen LogP contribution in [0.15, 0.2) is 17.1 Å². The summed E-state index contributed by atoms with van der Waals surface area (Å²) >= 11 is 0. The number of carbonyl (C=O) groups is 1. The average Bonchev–Trinajstić information content (AvgIpc) is 3.33. The van der Waals surface area contributed by atoms with Crippen LogP contribution in [0, 0.1) is 11.7 Å². The summed E-state index contributed by atoms with van der Waals surface area (Å²) in [4.78, 5) is 26.0. The third-order valence-electron chi connectivity index (χ3n) is 5.76. The smallest absolute Gasteiger partial charge is 0.341 e. The van der Waals surface area contributed by atoms with Gasteiger partial charge in [-0.1, -0.05) is 0 Å². The van der Waals surface area contributed by atoms with Crippen molar-refractivity contribution >= 4 is 28.2 Å². The van der Waals surface area contributed by atoms with Crippen molar-refractivity contribution in [3.05, 3.63) is 33.9 Å². The van der Waals surface area contributed by atoms with Crippen LogP contribution in [0.3, 0.4) is 0 Å². The predicted molar refractivity (Wildman–Crippen MR) is 102 cm³/mol. The molecule has 27 heavy (non-hydrogen) atoms. The third-order valence-corrected chi connectivity index (χ3v) is 5.76. The van der Waals surface area contributed by atoms with E-state index < -0.39 is 17.2 Å². The maximum atomic E-state index is 15.1. The maximum Gasteiger partial charge on any atom is 0.341 e. The van der Waals surface area contributed by atoms with E-state index >= 15 is 4.39 Å². The van der Waals surface area contributed by atoms with E-state index in [-0.39, 0.29) is 34.6 Å². The fourth-order valence-electron chi connectivity index (χ4n) is 3.97. The number of halogens is 1. The van der Waals surface area contributed by atoms with Crippen LogP contribution in [0.25, 0.3) is 10.9 Å². The van der Waals surface area contributed by atoms with Gasteiger partial charge in [-0.05, 0) is 38.2 Å². The molecular formula is C19H23FN4O3. The van der Waals surface area contributed by atoms with E-state index in [0.29, 0.717) is 24.3 Å². The number of carboxylic acid groups (broad SMARTS) is 1. The van der Waals surface area contributed by atoms with Crippen LogP contribution in [0.4, 0.5) is 15.8 Å². The molecule has 2 aliphatic rings. The first-order valence-electron chi connectivity index (χ1n) is 9.20. The standard InChI is InChI=1S/C19H23FN4O3/c1-9(21)10-4-5-23(7-10)14-6-13-15(17(22)16(14)20)18(25)12(19(26)27)8-24(13)11-2-3-11/h6,8-11H,2-5,7,21-22H2,1H3,(H,26,27). The van der Waals surface area contributed by atoms with E-state index in [4.69, 9.17) is 11.5 Å². The number of anilines is 2. The van der Waals surface area contributed by atoms with Gasteiger partial charge < -0.3 is 26.0 Å². The second-order valence-corrected chi connectivity index (χ2v) is 7.69. The van der Waals surface area contributed by atoms with Crippen LogP contribution < -0.4 is 21.8 Å². The second kappa shape index (κ2) is 6.23. The van der Waals surface area contributed by atoms with Crippen molar-refractivity contribution in [1.82, 2.24) is 4.57 Å². The number of fused-ring (bicyclic) bond motifs is 1. The highest BCUT2D eigenvalue weighted by Gasteiger charge is 2.31. The number of pyridine rings is 1. The van der Waals surface area contributed by atoms with E-state index in [0.717, 1.165) is 19.3 Å². The van der Waals surface area contributed by atoms with Crippen molar-refractivity contribution in [2.24, 2.45) is 11.7 Å². The molecule has 0 radical (unpaired) electrons. The summed E-state index contributed by atoms with van der Waals surface area (Å²) in [5.41, 5.74) is 11.4. The summed E-state index contributed by atoms with van der Waals surface area (Å²) < 4.78 is 16.8. The van der Waals surface area contributed by atoms with Crippen molar-refractivity contribution in [2.45, 2.75) is 38.3 Å². The molecule has 8 heteroatoms. The molecule has 2 heterocycles. The van der Waals surface area contributed by atoms with Crippen molar-refractivity contribution in [3.8, 4) is 0 Å². The van der Waals surface area contributed by atoms with Gasteiger partial charge in [0.15, 0.2) is 5.82 Å². The number of rotatable bonds is 4. The molecule has 0 bridgehead atoms. The quantitative estimate of drug-likeness (QED) is 0.705. The van der Waals surface area contributed by atoms with Crippen LogP contribution in [0.2, 0.25) is 0 Å². The zero-order valence-electron chi connectivity index (χ0n) is 15.1. The lowest BCUT2D eigenvalue weighted by Gasteiger charge is -2.23. The number of carboxylic acids is 1. The molecule has 0 amide bonds. The Kier molecular flexibility index (Phi) is 4.10. The van der Waals surface area contributed by atoms with Gasteiger partial charge in [0.25, 0.3) is 0 Å². The second-order valence-electron chi connectivity index (χ2n) is 7.69. The summed E-state index contributed by atoms with van der Waals surface area (Å²) in [5.74, 6) is -1.74. The summed E-state index contributed by atoms with van der Waals surface area (Å²) in [6, 6.07) is 1.76. The topological polar surface area (TPSA) is 115 Å². The Labute approximate surface area is 155 Å². The molecule has 4 rings (SSSR count). The van der Waals surface area contributed by atoms with Gasteiger partial charge >= 0.3 is 5.97 Å². The van der Waals surface area contributed by atoms with Crippen LogP contribution in [0.1, 0.15) is 42.6 Å².